The second-order valence-corrected chi connectivity index (χ2v) is 8.26. The highest BCUT2D eigenvalue weighted by Gasteiger charge is 2.41. The fraction of sp³-hybridized carbons (Fsp3) is 0.571. The van der Waals surface area contributed by atoms with E-state index in [2.05, 4.69) is 18.0 Å². The van der Waals surface area contributed by atoms with E-state index in [1.54, 1.807) is 7.05 Å². The van der Waals surface area contributed by atoms with Gasteiger partial charge in [-0.05, 0) is 42.9 Å². The van der Waals surface area contributed by atoms with Gasteiger partial charge in [-0.15, -0.1) is 0 Å². The summed E-state index contributed by atoms with van der Waals surface area (Å²) in [7, 11) is 2.95. The number of fused-ring (bicyclic) bond motifs is 1. The van der Waals surface area contributed by atoms with Crippen LogP contribution in [0.3, 0.4) is 0 Å². The quantitative estimate of drug-likeness (QED) is 0.872. The van der Waals surface area contributed by atoms with Gasteiger partial charge in [-0.25, -0.2) is 9.78 Å². The molecule has 28 heavy (non-hydrogen) atoms. The average Bonchev–Trinajstić information content (AvgIpc) is 3.23. The van der Waals surface area contributed by atoms with Crippen molar-refractivity contribution >= 4 is 23.0 Å². The molecule has 3 atom stereocenters. The van der Waals surface area contributed by atoms with Gasteiger partial charge in [0.1, 0.15) is 11.9 Å². The van der Waals surface area contributed by atoms with Crippen LogP contribution in [0, 0.1) is 18.8 Å². The fourth-order valence-corrected chi connectivity index (χ4v) is 4.18. The lowest BCUT2D eigenvalue weighted by atomic mass is 10.0. The molecule has 0 saturated carbocycles. The van der Waals surface area contributed by atoms with Crippen LogP contribution in [0.15, 0.2) is 18.2 Å². The van der Waals surface area contributed by atoms with E-state index in [0.29, 0.717) is 12.5 Å². The van der Waals surface area contributed by atoms with Crippen LogP contribution in [0.1, 0.15) is 44.6 Å². The van der Waals surface area contributed by atoms with Crippen molar-refractivity contribution in [3.8, 4) is 0 Å². The molecule has 0 bridgehead atoms. The van der Waals surface area contributed by atoms with E-state index >= 15 is 0 Å². The summed E-state index contributed by atoms with van der Waals surface area (Å²) in [6.07, 6.45) is 0.340. The predicted octanol–water partition coefficient (Wildman–Crippen LogP) is 3.50. The zero-order valence-corrected chi connectivity index (χ0v) is 17.5. The number of likely N-dealkylation sites (tertiary alicyclic amines) is 1. The first-order chi connectivity index (χ1) is 13.2. The molecule has 2 heterocycles. The molecular formula is C21H30N4O3. The number of aryl methyl sites for hydroxylation is 1. The number of aromatic amines is 1. The molecule has 0 aliphatic carbocycles. The zero-order chi connectivity index (χ0) is 20.6. The number of H-pyrrole nitrogens is 1. The van der Waals surface area contributed by atoms with E-state index in [1.807, 2.05) is 37.8 Å². The third-order valence-electron chi connectivity index (χ3n) is 5.53. The maximum atomic E-state index is 13.5. The highest BCUT2D eigenvalue weighted by atomic mass is 16.5. The molecular weight excluding hydrogens is 356 g/mol. The van der Waals surface area contributed by atoms with Gasteiger partial charge < -0.3 is 14.6 Å². The third-order valence-corrected chi connectivity index (χ3v) is 5.53. The number of carbonyl (C=O) groups excluding carboxylic acids is 2. The predicted molar refractivity (Wildman–Crippen MR) is 108 cm³/mol. The number of nitrogens with one attached hydrogen (secondary N) is 1. The summed E-state index contributed by atoms with van der Waals surface area (Å²) >= 11 is 0. The van der Waals surface area contributed by atoms with Crippen molar-refractivity contribution in [3.05, 3.63) is 29.6 Å². The van der Waals surface area contributed by atoms with E-state index < -0.39 is 12.1 Å². The van der Waals surface area contributed by atoms with Crippen LogP contribution < -0.4 is 0 Å². The number of methoxy groups -OCH3 is 1. The molecule has 2 aromatic rings. The van der Waals surface area contributed by atoms with Crippen molar-refractivity contribution in [1.82, 2.24) is 19.8 Å². The molecule has 1 aliphatic rings. The zero-order valence-electron chi connectivity index (χ0n) is 17.5. The van der Waals surface area contributed by atoms with Crippen molar-refractivity contribution < 1.29 is 14.3 Å². The Morgan fingerprint density at radius 1 is 1.36 bits per heavy atom. The molecule has 0 spiro atoms. The highest BCUT2D eigenvalue weighted by Crippen LogP contribution is 2.36. The van der Waals surface area contributed by atoms with Gasteiger partial charge in [-0.3, -0.25) is 9.69 Å². The van der Waals surface area contributed by atoms with Crippen molar-refractivity contribution in [2.24, 2.45) is 11.8 Å². The summed E-state index contributed by atoms with van der Waals surface area (Å²) in [6.45, 7) is 8.73. The standard InChI is InChI=1S/C21H30N4O3/c1-12(2)18(24(5)21(27)28-6)20(26)25-11-14(4)10-17(25)19-22-15-8-7-13(3)9-16(15)23-19/h7-9,12,14,17-18H,10-11H2,1-6H3,(H,22,23). The van der Waals surface area contributed by atoms with E-state index in [1.165, 1.54) is 12.0 Å². The molecule has 1 fully saturated rings. The van der Waals surface area contributed by atoms with Gasteiger partial charge in [0.15, 0.2) is 0 Å². The molecule has 7 nitrogen and oxygen atoms in total. The number of carbonyl (C=O) groups is 2. The summed E-state index contributed by atoms with van der Waals surface area (Å²) in [6, 6.07) is 5.40. The fourth-order valence-electron chi connectivity index (χ4n) is 4.18. The van der Waals surface area contributed by atoms with Crippen LogP contribution in [-0.2, 0) is 9.53 Å². The van der Waals surface area contributed by atoms with E-state index in [4.69, 9.17) is 9.72 Å². The molecule has 1 aromatic heterocycles. The Bertz CT molecular complexity index is 876. The first kappa shape index (κ1) is 20.2. The average molecular weight is 386 g/mol. The Labute approximate surface area is 166 Å². The number of nitrogens with zero attached hydrogens (tertiary/aromatic N) is 3. The van der Waals surface area contributed by atoms with Crippen molar-refractivity contribution in [1.29, 1.82) is 0 Å². The lowest BCUT2D eigenvalue weighted by Gasteiger charge is -2.34. The Balaban J connectivity index is 1.93. The number of hydrogen-bond donors (Lipinski definition) is 1. The van der Waals surface area contributed by atoms with Crippen LogP contribution in [0.5, 0.6) is 0 Å². The third kappa shape index (κ3) is 3.70. The summed E-state index contributed by atoms with van der Waals surface area (Å²) in [5.74, 6) is 1.07. The Morgan fingerprint density at radius 2 is 2.07 bits per heavy atom. The maximum Gasteiger partial charge on any atom is 0.409 e. The smallest absolute Gasteiger partial charge is 0.409 e. The van der Waals surface area contributed by atoms with E-state index in [9.17, 15) is 9.59 Å². The molecule has 152 valence electrons. The molecule has 3 unspecified atom stereocenters. The molecule has 1 saturated heterocycles. The number of hydrogen-bond acceptors (Lipinski definition) is 4. The van der Waals surface area contributed by atoms with E-state index in [0.717, 1.165) is 28.8 Å². The van der Waals surface area contributed by atoms with Gasteiger partial charge >= 0.3 is 6.09 Å². The van der Waals surface area contributed by atoms with Gasteiger partial charge in [0.25, 0.3) is 0 Å². The van der Waals surface area contributed by atoms with Crippen molar-refractivity contribution in [2.75, 3.05) is 20.7 Å². The first-order valence-electron chi connectivity index (χ1n) is 9.80. The normalized spacial score (nSPS) is 20.6. The van der Waals surface area contributed by atoms with Crippen LogP contribution >= 0.6 is 0 Å². The number of likely N-dealkylation sites (N-methyl/N-ethyl adjacent to an activating group) is 1. The number of rotatable bonds is 4. The second-order valence-electron chi connectivity index (χ2n) is 8.26. The summed E-state index contributed by atoms with van der Waals surface area (Å²) in [5, 5.41) is 0. The number of ether oxygens (including phenoxy) is 1. The molecule has 2 amide bonds. The number of imidazole rings is 1. The molecule has 0 radical (unpaired) electrons. The molecule has 3 rings (SSSR count). The van der Waals surface area contributed by atoms with Crippen LogP contribution in [0.4, 0.5) is 4.79 Å². The number of amides is 2. The summed E-state index contributed by atoms with van der Waals surface area (Å²) in [5.41, 5.74) is 3.05. The summed E-state index contributed by atoms with van der Waals surface area (Å²) < 4.78 is 4.84. The van der Waals surface area contributed by atoms with Crippen molar-refractivity contribution in [2.45, 2.75) is 46.2 Å². The van der Waals surface area contributed by atoms with Gasteiger partial charge in [0.05, 0.1) is 24.2 Å². The largest absolute Gasteiger partial charge is 0.453 e. The Morgan fingerprint density at radius 3 is 2.71 bits per heavy atom. The highest BCUT2D eigenvalue weighted by molar-refractivity contribution is 5.86. The van der Waals surface area contributed by atoms with E-state index in [-0.39, 0.29) is 17.9 Å². The monoisotopic (exact) mass is 386 g/mol. The van der Waals surface area contributed by atoms with Crippen molar-refractivity contribution in [3.63, 3.8) is 0 Å². The van der Waals surface area contributed by atoms with Gasteiger partial charge in [0.2, 0.25) is 5.91 Å². The number of aromatic nitrogens is 2. The second kappa shape index (κ2) is 7.81. The molecule has 7 heteroatoms. The minimum atomic E-state index is -0.577. The SMILES string of the molecule is COC(=O)N(C)C(C(=O)N1CC(C)CC1c1nc2ccc(C)cc2[nH]1)C(C)C. The topological polar surface area (TPSA) is 78.5 Å². The maximum absolute atomic E-state index is 13.5. The first-order valence-corrected chi connectivity index (χ1v) is 9.80. The number of benzene rings is 1. The minimum absolute atomic E-state index is 0.0357. The van der Waals surface area contributed by atoms with Gasteiger partial charge in [-0.2, -0.15) is 0 Å². The minimum Gasteiger partial charge on any atom is -0.453 e. The Kier molecular flexibility index (Phi) is 5.63. The van der Waals surface area contributed by atoms with Crippen LogP contribution in [-0.4, -0.2) is 58.5 Å². The summed E-state index contributed by atoms with van der Waals surface area (Å²) in [4.78, 5) is 37.0. The van der Waals surface area contributed by atoms with Crippen LogP contribution in [0.25, 0.3) is 11.0 Å². The molecule has 1 aromatic carbocycles. The molecule has 1 aliphatic heterocycles. The Hall–Kier alpha value is -2.57. The molecule has 1 N–H and O–H groups in total. The van der Waals surface area contributed by atoms with Crippen LogP contribution in [0.2, 0.25) is 0 Å². The van der Waals surface area contributed by atoms with Gasteiger partial charge in [0, 0.05) is 13.6 Å². The lowest BCUT2D eigenvalue weighted by Crippen LogP contribution is -2.52. The lowest BCUT2D eigenvalue weighted by molar-refractivity contribution is -0.138. The van der Waals surface area contributed by atoms with Gasteiger partial charge in [-0.1, -0.05) is 26.8 Å².